The first-order valence-corrected chi connectivity index (χ1v) is 5.12. The number of nitrogens with zero attached hydrogens (tertiary/aromatic N) is 2. The van der Waals surface area contributed by atoms with E-state index in [1.165, 1.54) is 18.2 Å². The highest BCUT2D eigenvalue weighted by Gasteiger charge is 2.34. The van der Waals surface area contributed by atoms with Crippen LogP contribution >= 0.6 is 0 Å². The summed E-state index contributed by atoms with van der Waals surface area (Å²) in [4.78, 5) is 10.7. The number of para-hydroxylation sites is 1. The summed E-state index contributed by atoms with van der Waals surface area (Å²) >= 11 is 0. The van der Waals surface area contributed by atoms with Gasteiger partial charge in [0.05, 0.1) is 11.3 Å². The van der Waals surface area contributed by atoms with Crippen molar-refractivity contribution in [3.8, 4) is 5.69 Å². The van der Waals surface area contributed by atoms with Crippen LogP contribution in [0.15, 0.2) is 24.3 Å². The van der Waals surface area contributed by atoms with Gasteiger partial charge in [-0.2, -0.15) is 13.2 Å². The molecule has 2 aromatic rings. The average molecular weight is 270 g/mol. The Morgan fingerprint density at radius 3 is 2.37 bits per heavy atom. The molecule has 0 atom stereocenters. The number of aldehydes is 1. The molecule has 1 aromatic heterocycles. The van der Waals surface area contributed by atoms with Crippen LogP contribution in [0.3, 0.4) is 0 Å². The molecule has 4 N–H and O–H groups in total. The van der Waals surface area contributed by atoms with E-state index in [-0.39, 0.29) is 22.9 Å². The van der Waals surface area contributed by atoms with Gasteiger partial charge in [0.25, 0.3) is 0 Å². The Bertz CT molecular complexity index is 633. The Morgan fingerprint density at radius 2 is 1.84 bits per heavy atom. The smallest absolute Gasteiger partial charge is 0.383 e. The number of rotatable bonds is 2. The standard InChI is InChI=1S/C11H9F3N4O/c12-11(13,14)7-3-1-2-4-8(7)18-10(16)6(5-19)9(15)17-18/h1-5H,16H2,(H2,15,17). The van der Waals surface area contributed by atoms with E-state index in [4.69, 9.17) is 11.5 Å². The number of aromatic nitrogens is 2. The molecule has 0 aliphatic carbocycles. The normalized spacial score (nSPS) is 11.5. The Kier molecular flexibility index (Phi) is 2.93. The van der Waals surface area contributed by atoms with Gasteiger partial charge in [-0.25, -0.2) is 4.68 Å². The number of nitrogen functional groups attached to an aromatic ring is 2. The van der Waals surface area contributed by atoms with E-state index in [9.17, 15) is 18.0 Å². The lowest BCUT2D eigenvalue weighted by atomic mass is 10.1. The zero-order valence-corrected chi connectivity index (χ0v) is 9.48. The van der Waals surface area contributed by atoms with Crippen molar-refractivity contribution < 1.29 is 18.0 Å². The van der Waals surface area contributed by atoms with Gasteiger partial charge in [-0.1, -0.05) is 12.1 Å². The Balaban J connectivity index is 2.70. The van der Waals surface area contributed by atoms with Crippen LogP contribution < -0.4 is 11.5 Å². The van der Waals surface area contributed by atoms with E-state index in [2.05, 4.69) is 5.10 Å². The number of anilines is 2. The molecule has 0 radical (unpaired) electrons. The zero-order chi connectivity index (χ0) is 14.2. The lowest BCUT2D eigenvalue weighted by Gasteiger charge is -2.13. The van der Waals surface area contributed by atoms with Crippen LogP contribution in [0.2, 0.25) is 0 Å². The van der Waals surface area contributed by atoms with E-state index in [1.54, 1.807) is 0 Å². The molecule has 100 valence electrons. The molecule has 19 heavy (non-hydrogen) atoms. The minimum atomic E-state index is -4.56. The number of hydrogen-bond acceptors (Lipinski definition) is 4. The molecule has 8 heteroatoms. The maximum absolute atomic E-state index is 12.9. The van der Waals surface area contributed by atoms with Crippen molar-refractivity contribution in [2.45, 2.75) is 6.18 Å². The lowest BCUT2D eigenvalue weighted by Crippen LogP contribution is -2.13. The van der Waals surface area contributed by atoms with Crippen molar-refractivity contribution in [1.82, 2.24) is 9.78 Å². The Morgan fingerprint density at radius 1 is 1.21 bits per heavy atom. The molecule has 1 aromatic carbocycles. The number of nitrogens with two attached hydrogens (primary N) is 2. The third-order valence-electron chi connectivity index (χ3n) is 2.54. The summed E-state index contributed by atoms with van der Waals surface area (Å²) in [7, 11) is 0. The summed E-state index contributed by atoms with van der Waals surface area (Å²) in [5.74, 6) is -0.450. The fraction of sp³-hybridized carbons (Fsp3) is 0.0909. The SMILES string of the molecule is Nc1nn(-c2ccccc2C(F)(F)F)c(N)c1C=O. The average Bonchev–Trinajstić information content (AvgIpc) is 2.63. The second-order valence-electron chi connectivity index (χ2n) is 3.73. The predicted molar refractivity (Wildman–Crippen MR) is 62.8 cm³/mol. The van der Waals surface area contributed by atoms with Crippen LogP contribution in [-0.4, -0.2) is 16.1 Å². The molecule has 0 bridgehead atoms. The second kappa shape index (κ2) is 4.30. The molecule has 0 aliphatic rings. The van der Waals surface area contributed by atoms with Crippen LogP contribution in [0, 0.1) is 0 Å². The topological polar surface area (TPSA) is 86.9 Å². The van der Waals surface area contributed by atoms with Crippen molar-refractivity contribution >= 4 is 17.9 Å². The highest BCUT2D eigenvalue weighted by Crippen LogP contribution is 2.35. The molecule has 0 unspecified atom stereocenters. The third-order valence-corrected chi connectivity index (χ3v) is 2.54. The molecule has 0 amide bonds. The van der Waals surface area contributed by atoms with Crippen molar-refractivity contribution in [3.05, 3.63) is 35.4 Å². The van der Waals surface area contributed by atoms with Gasteiger partial charge < -0.3 is 11.5 Å². The van der Waals surface area contributed by atoms with Gasteiger partial charge in [0, 0.05) is 0 Å². The van der Waals surface area contributed by atoms with Gasteiger partial charge in [-0.15, -0.1) is 5.10 Å². The molecule has 2 rings (SSSR count). The fourth-order valence-electron chi connectivity index (χ4n) is 1.66. The van der Waals surface area contributed by atoms with Gasteiger partial charge >= 0.3 is 6.18 Å². The first kappa shape index (κ1) is 12.9. The quantitative estimate of drug-likeness (QED) is 0.815. The molecule has 0 spiro atoms. The summed E-state index contributed by atoms with van der Waals surface area (Å²) in [5.41, 5.74) is 9.68. The van der Waals surface area contributed by atoms with Gasteiger partial charge in [0.1, 0.15) is 11.4 Å². The van der Waals surface area contributed by atoms with Crippen molar-refractivity contribution in [1.29, 1.82) is 0 Å². The molecular weight excluding hydrogens is 261 g/mol. The van der Waals surface area contributed by atoms with Gasteiger partial charge in [0.15, 0.2) is 12.1 Å². The van der Waals surface area contributed by atoms with Gasteiger partial charge in [0.2, 0.25) is 0 Å². The van der Waals surface area contributed by atoms with Crippen LogP contribution in [0.4, 0.5) is 24.8 Å². The molecule has 0 saturated carbocycles. The number of halogens is 3. The van der Waals surface area contributed by atoms with E-state index >= 15 is 0 Å². The molecule has 0 saturated heterocycles. The molecule has 0 fully saturated rings. The maximum atomic E-state index is 12.9. The number of benzene rings is 1. The van der Waals surface area contributed by atoms with Crippen LogP contribution in [0.1, 0.15) is 15.9 Å². The molecule has 5 nitrogen and oxygen atoms in total. The minimum absolute atomic E-state index is 0.128. The monoisotopic (exact) mass is 270 g/mol. The fourth-order valence-corrected chi connectivity index (χ4v) is 1.66. The second-order valence-corrected chi connectivity index (χ2v) is 3.73. The molecule has 0 aliphatic heterocycles. The molecule has 1 heterocycles. The lowest BCUT2D eigenvalue weighted by molar-refractivity contribution is -0.137. The maximum Gasteiger partial charge on any atom is 0.418 e. The summed E-state index contributed by atoms with van der Waals surface area (Å²) in [6, 6.07) is 4.74. The van der Waals surface area contributed by atoms with Crippen molar-refractivity contribution in [3.63, 3.8) is 0 Å². The van der Waals surface area contributed by atoms with E-state index in [1.807, 2.05) is 0 Å². The third kappa shape index (κ3) is 2.12. The highest BCUT2D eigenvalue weighted by atomic mass is 19.4. The van der Waals surface area contributed by atoms with Crippen LogP contribution in [-0.2, 0) is 6.18 Å². The van der Waals surface area contributed by atoms with E-state index in [0.717, 1.165) is 10.7 Å². The first-order valence-electron chi connectivity index (χ1n) is 5.12. The van der Waals surface area contributed by atoms with Crippen molar-refractivity contribution in [2.75, 3.05) is 11.5 Å². The summed E-state index contributed by atoms with van der Waals surface area (Å²) in [6.07, 6.45) is -4.21. The van der Waals surface area contributed by atoms with Crippen molar-refractivity contribution in [2.24, 2.45) is 0 Å². The van der Waals surface area contributed by atoms with Crippen LogP contribution in [0.5, 0.6) is 0 Å². The number of carbonyl (C=O) groups excluding carboxylic acids is 1. The van der Waals surface area contributed by atoms with E-state index < -0.39 is 11.7 Å². The Labute approximate surface area is 105 Å². The van der Waals surface area contributed by atoms with Gasteiger partial charge in [-0.3, -0.25) is 4.79 Å². The number of hydrogen-bond donors (Lipinski definition) is 2. The minimum Gasteiger partial charge on any atom is -0.383 e. The summed E-state index contributed by atoms with van der Waals surface area (Å²) in [5, 5.41) is 3.66. The van der Waals surface area contributed by atoms with Gasteiger partial charge in [-0.05, 0) is 12.1 Å². The highest BCUT2D eigenvalue weighted by molar-refractivity contribution is 5.89. The zero-order valence-electron chi connectivity index (χ0n) is 9.48. The van der Waals surface area contributed by atoms with E-state index in [0.29, 0.717) is 6.29 Å². The summed E-state index contributed by atoms with van der Waals surface area (Å²) < 4.78 is 39.4. The predicted octanol–water partition coefficient (Wildman–Crippen LogP) is 1.87. The largest absolute Gasteiger partial charge is 0.418 e. The molecular formula is C11H9F3N4O. The first-order chi connectivity index (χ1) is 8.86. The van der Waals surface area contributed by atoms with Crippen LogP contribution in [0.25, 0.3) is 5.69 Å². The number of alkyl halides is 3. The Hall–Kier alpha value is -2.51. The number of carbonyl (C=O) groups is 1. The summed E-state index contributed by atoms with van der Waals surface area (Å²) in [6.45, 7) is 0.